The van der Waals surface area contributed by atoms with Gasteiger partial charge in [0.2, 0.25) is 0 Å². The number of hydrogen-bond donors (Lipinski definition) is 1. The van der Waals surface area contributed by atoms with E-state index in [1.807, 2.05) is 6.92 Å². The van der Waals surface area contributed by atoms with Gasteiger partial charge >= 0.3 is 0 Å². The van der Waals surface area contributed by atoms with Crippen molar-refractivity contribution >= 4 is 23.3 Å². The van der Waals surface area contributed by atoms with E-state index in [2.05, 4.69) is 15.5 Å². The number of halogens is 2. The van der Waals surface area contributed by atoms with Gasteiger partial charge < -0.3 is 5.32 Å². The van der Waals surface area contributed by atoms with E-state index in [-0.39, 0.29) is 11.7 Å². The van der Waals surface area contributed by atoms with Gasteiger partial charge in [-0.1, -0.05) is 17.7 Å². The maximum absolute atomic E-state index is 13.1. The standard InChI is InChI=1S/C16H15ClFN5O/c1-2-22-7-5-14(20-22)16(24)19-15-6-8-23(21-15)10-11-3-4-12(18)9-13(11)17/h3-9H,2,10H2,1H3,(H,19,21,24). The molecule has 0 aliphatic heterocycles. The van der Waals surface area contributed by atoms with Gasteiger partial charge in [-0.05, 0) is 30.7 Å². The average molecular weight is 348 g/mol. The first-order valence-corrected chi connectivity index (χ1v) is 7.75. The second kappa shape index (κ2) is 6.84. The van der Waals surface area contributed by atoms with Gasteiger partial charge in [-0.2, -0.15) is 10.2 Å². The average Bonchev–Trinajstić information content (AvgIpc) is 3.19. The minimum Gasteiger partial charge on any atom is -0.304 e. The van der Waals surface area contributed by atoms with Crippen molar-refractivity contribution in [3.05, 3.63) is 64.8 Å². The Morgan fingerprint density at radius 2 is 2.00 bits per heavy atom. The summed E-state index contributed by atoms with van der Waals surface area (Å²) in [6.45, 7) is 3.01. The number of nitrogens with zero attached hydrogens (tertiary/aromatic N) is 4. The number of aryl methyl sites for hydroxylation is 1. The second-order valence-electron chi connectivity index (χ2n) is 5.15. The summed E-state index contributed by atoms with van der Waals surface area (Å²) in [6, 6.07) is 7.53. The number of carbonyl (C=O) groups excluding carboxylic acids is 1. The van der Waals surface area contributed by atoms with Crippen LogP contribution in [-0.4, -0.2) is 25.5 Å². The lowest BCUT2D eigenvalue weighted by molar-refractivity contribution is 0.102. The van der Waals surface area contributed by atoms with Crippen molar-refractivity contribution in [1.29, 1.82) is 0 Å². The van der Waals surface area contributed by atoms with Gasteiger partial charge in [-0.25, -0.2) is 4.39 Å². The highest BCUT2D eigenvalue weighted by Gasteiger charge is 2.11. The van der Waals surface area contributed by atoms with Crippen molar-refractivity contribution in [1.82, 2.24) is 19.6 Å². The molecular formula is C16H15ClFN5O. The molecule has 0 spiro atoms. The zero-order chi connectivity index (χ0) is 17.1. The van der Waals surface area contributed by atoms with Crippen molar-refractivity contribution in [3.8, 4) is 0 Å². The Hall–Kier alpha value is -2.67. The highest BCUT2D eigenvalue weighted by Crippen LogP contribution is 2.18. The van der Waals surface area contributed by atoms with Gasteiger partial charge in [0.15, 0.2) is 11.5 Å². The lowest BCUT2D eigenvalue weighted by Gasteiger charge is -2.05. The SMILES string of the molecule is CCn1ccc(C(=O)Nc2ccn(Cc3ccc(F)cc3Cl)n2)n1. The Bertz CT molecular complexity index is 873. The molecule has 8 heteroatoms. The second-order valence-corrected chi connectivity index (χ2v) is 5.55. The smallest absolute Gasteiger partial charge is 0.277 e. The Balaban J connectivity index is 1.68. The van der Waals surface area contributed by atoms with Gasteiger partial charge in [0.25, 0.3) is 5.91 Å². The fraction of sp³-hybridized carbons (Fsp3) is 0.188. The minimum absolute atomic E-state index is 0.327. The molecule has 1 aromatic carbocycles. The molecule has 0 saturated carbocycles. The van der Waals surface area contributed by atoms with E-state index in [9.17, 15) is 9.18 Å². The Morgan fingerprint density at radius 3 is 2.71 bits per heavy atom. The third-order valence-corrected chi connectivity index (χ3v) is 3.78. The monoisotopic (exact) mass is 347 g/mol. The van der Waals surface area contributed by atoms with Gasteiger partial charge in [-0.3, -0.25) is 14.2 Å². The van der Waals surface area contributed by atoms with Crippen molar-refractivity contribution < 1.29 is 9.18 Å². The van der Waals surface area contributed by atoms with Crippen molar-refractivity contribution in [2.45, 2.75) is 20.0 Å². The van der Waals surface area contributed by atoms with E-state index in [1.54, 1.807) is 40.0 Å². The van der Waals surface area contributed by atoms with E-state index < -0.39 is 0 Å². The van der Waals surface area contributed by atoms with Crippen LogP contribution in [-0.2, 0) is 13.1 Å². The fourth-order valence-corrected chi connectivity index (χ4v) is 2.41. The van der Waals surface area contributed by atoms with Gasteiger partial charge in [0.05, 0.1) is 6.54 Å². The van der Waals surface area contributed by atoms with Crippen LogP contribution in [0, 0.1) is 5.82 Å². The summed E-state index contributed by atoms with van der Waals surface area (Å²) in [5.74, 6) is -0.305. The normalized spacial score (nSPS) is 10.8. The fourth-order valence-electron chi connectivity index (χ4n) is 2.18. The van der Waals surface area contributed by atoms with Crippen LogP contribution in [0.5, 0.6) is 0 Å². The van der Waals surface area contributed by atoms with E-state index in [0.717, 1.165) is 5.56 Å². The Morgan fingerprint density at radius 1 is 1.21 bits per heavy atom. The number of rotatable bonds is 5. The predicted molar refractivity (Wildman–Crippen MR) is 88.6 cm³/mol. The number of aromatic nitrogens is 4. The van der Waals surface area contributed by atoms with Crippen LogP contribution in [0.4, 0.5) is 10.2 Å². The maximum Gasteiger partial charge on any atom is 0.277 e. The molecule has 0 aliphatic rings. The predicted octanol–water partition coefficient (Wildman–Crippen LogP) is 3.19. The molecule has 1 N–H and O–H groups in total. The number of benzene rings is 1. The molecule has 3 aromatic rings. The van der Waals surface area contributed by atoms with Gasteiger partial charge in [0, 0.05) is 30.0 Å². The number of hydrogen-bond acceptors (Lipinski definition) is 3. The summed E-state index contributed by atoms with van der Waals surface area (Å²) in [5.41, 5.74) is 1.06. The molecule has 0 fully saturated rings. The molecule has 0 unspecified atom stereocenters. The summed E-state index contributed by atoms with van der Waals surface area (Å²) < 4.78 is 16.3. The van der Waals surface area contributed by atoms with Crippen LogP contribution in [0.2, 0.25) is 5.02 Å². The summed E-state index contributed by atoms with van der Waals surface area (Å²) in [7, 11) is 0. The first kappa shape index (κ1) is 16.2. The summed E-state index contributed by atoms with van der Waals surface area (Å²) in [5, 5.41) is 11.4. The third kappa shape index (κ3) is 3.62. The van der Waals surface area contributed by atoms with Crippen LogP contribution < -0.4 is 5.32 Å². The molecule has 0 saturated heterocycles. The number of nitrogens with one attached hydrogen (secondary N) is 1. The Labute approximate surface area is 142 Å². The number of amides is 1. The molecule has 2 aromatic heterocycles. The topological polar surface area (TPSA) is 64.7 Å². The van der Waals surface area contributed by atoms with Crippen LogP contribution in [0.25, 0.3) is 0 Å². The highest BCUT2D eigenvalue weighted by molar-refractivity contribution is 6.31. The van der Waals surface area contributed by atoms with E-state index in [4.69, 9.17) is 11.6 Å². The highest BCUT2D eigenvalue weighted by atomic mass is 35.5. The molecular weight excluding hydrogens is 333 g/mol. The third-order valence-electron chi connectivity index (χ3n) is 3.43. The van der Waals surface area contributed by atoms with Crippen molar-refractivity contribution in [3.63, 3.8) is 0 Å². The zero-order valence-corrected chi connectivity index (χ0v) is 13.7. The first-order chi connectivity index (χ1) is 11.5. The number of anilines is 1. The summed E-state index contributed by atoms with van der Waals surface area (Å²) in [6.07, 6.45) is 3.45. The lowest BCUT2D eigenvalue weighted by atomic mass is 10.2. The van der Waals surface area contributed by atoms with Gasteiger partial charge in [-0.15, -0.1) is 0 Å². The van der Waals surface area contributed by atoms with E-state index in [1.165, 1.54) is 12.1 Å². The van der Waals surface area contributed by atoms with Crippen LogP contribution >= 0.6 is 11.6 Å². The summed E-state index contributed by atoms with van der Waals surface area (Å²) >= 11 is 6.01. The van der Waals surface area contributed by atoms with Crippen LogP contribution in [0.15, 0.2) is 42.7 Å². The van der Waals surface area contributed by atoms with Crippen LogP contribution in [0.1, 0.15) is 23.0 Å². The Kier molecular flexibility index (Phi) is 4.61. The zero-order valence-electron chi connectivity index (χ0n) is 12.9. The summed E-state index contributed by atoms with van der Waals surface area (Å²) in [4.78, 5) is 12.1. The molecule has 0 bridgehead atoms. The molecule has 124 valence electrons. The molecule has 0 radical (unpaired) electrons. The largest absolute Gasteiger partial charge is 0.304 e. The van der Waals surface area contributed by atoms with Crippen LogP contribution in [0.3, 0.4) is 0 Å². The molecule has 24 heavy (non-hydrogen) atoms. The van der Waals surface area contributed by atoms with Crippen molar-refractivity contribution in [2.75, 3.05) is 5.32 Å². The number of carbonyl (C=O) groups is 1. The molecule has 2 heterocycles. The molecule has 0 atom stereocenters. The molecule has 1 amide bonds. The van der Waals surface area contributed by atoms with E-state index in [0.29, 0.717) is 29.6 Å². The van der Waals surface area contributed by atoms with Gasteiger partial charge in [0.1, 0.15) is 5.82 Å². The molecule has 0 aliphatic carbocycles. The first-order valence-electron chi connectivity index (χ1n) is 7.37. The molecule has 6 nitrogen and oxygen atoms in total. The van der Waals surface area contributed by atoms with E-state index >= 15 is 0 Å². The molecule has 3 rings (SSSR count). The quantitative estimate of drug-likeness (QED) is 0.770. The maximum atomic E-state index is 13.1. The van der Waals surface area contributed by atoms with Crippen molar-refractivity contribution in [2.24, 2.45) is 0 Å². The minimum atomic E-state index is -0.385. The lowest BCUT2D eigenvalue weighted by Crippen LogP contribution is -2.14.